The zero-order valence-corrected chi connectivity index (χ0v) is 14.7. The summed E-state index contributed by atoms with van der Waals surface area (Å²) in [5, 5.41) is 2.92. The van der Waals surface area contributed by atoms with Crippen LogP contribution in [0.4, 0.5) is 0 Å². The van der Waals surface area contributed by atoms with Gasteiger partial charge in [0.2, 0.25) is 5.91 Å². The van der Waals surface area contributed by atoms with Crippen molar-refractivity contribution in [1.82, 2.24) is 10.2 Å². The van der Waals surface area contributed by atoms with Crippen LogP contribution < -0.4 is 5.32 Å². The Kier molecular flexibility index (Phi) is 6.00. The number of hydrogen-bond acceptors (Lipinski definition) is 2. The summed E-state index contributed by atoms with van der Waals surface area (Å²) >= 11 is 3.35. The summed E-state index contributed by atoms with van der Waals surface area (Å²) < 4.78 is 0.927. The minimum Gasteiger partial charge on any atom is -0.341 e. The second kappa shape index (κ2) is 7.77. The SMILES string of the molecule is CC(C)C[C@H](NC(=O)c1ccc(Br)cc1)C(=O)N1CCCC1. The zero-order chi connectivity index (χ0) is 16.1. The first kappa shape index (κ1) is 17.0. The maximum atomic E-state index is 12.6. The fraction of sp³-hybridized carbons (Fsp3) is 0.529. The average Bonchev–Trinajstić information content (AvgIpc) is 3.00. The largest absolute Gasteiger partial charge is 0.341 e. The summed E-state index contributed by atoms with van der Waals surface area (Å²) in [4.78, 5) is 26.8. The molecule has 0 spiro atoms. The first-order chi connectivity index (χ1) is 10.5. The highest BCUT2D eigenvalue weighted by molar-refractivity contribution is 9.10. The number of likely N-dealkylation sites (tertiary alicyclic amines) is 1. The van der Waals surface area contributed by atoms with Crippen molar-refractivity contribution in [1.29, 1.82) is 0 Å². The lowest BCUT2D eigenvalue weighted by Crippen LogP contribution is -2.48. The van der Waals surface area contributed by atoms with Crippen LogP contribution in [0.15, 0.2) is 28.7 Å². The number of halogens is 1. The third-order valence-electron chi connectivity index (χ3n) is 3.83. The van der Waals surface area contributed by atoms with E-state index in [1.54, 1.807) is 12.1 Å². The highest BCUT2D eigenvalue weighted by Gasteiger charge is 2.28. The summed E-state index contributed by atoms with van der Waals surface area (Å²) in [7, 11) is 0. The molecule has 1 aliphatic rings. The van der Waals surface area contributed by atoms with Gasteiger partial charge in [-0.25, -0.2) is 0 Å². The fourth-order valence-corrected chi connectivity index (χ4v) is 2.96. The Labute approximate surface area is 140 Å². The second-order valence-corrected chi connectivity index (χ2v) is 7.11. The topological polar surface area (TPSA) is 49.4 Å². The summed E-state index contributed by atoms with van der Waals surface area (Å²) in [6.45, 7) is 5.75. The fourth-order valence-electron chi connectivity index (χ4n) is 2.69. The normalized spacial score (nSPS) is 15.9. The molecule has 1 fully saturated rings. The van der Waals surface area contributed by atoms with Crippen LogP contribution in [0.3, 0.4) is 0 Å². The third-order valence-corrected chi connectivity index (χ3v) is 4.36. The molecule has 5 heteroatoms. The number of nitrogens with zero attached hydrogens (tertiary/aromatic N) is 1. The number of rotatable bonds is 5. The molecule has 1 N–H and O–H groups in total. The molecule has 0 unspecified atom stereocenters. The molecule has 1 aromatic rings. The first-order valence-corrected chi connectivity index (χ1v) is 8.62. The molecule has 0 bridgehead atoms. The number of hydrogen-bond donors (Lipinski definition) is 1. The van der Waals surface area contributed by atoms with Crippen LogP contribution in [-0.2, 0) is 4.79 Å². The summed E-state index contributed by atoms with van der Waals surface area (Å²) in [6, 6.07) is 6.73. The molecular formula is C17H23BrN2O2. The molecule has 0 radical (unpaired) electrons. The molecule has 0 aliphatic carbocycles. The van der Waals surface area contributed by atoms with Crippen molar-refractivity contribution >= 4 is 27.7 Å². The van der Waals surface area contributed by atoms with Gasteiger partial charge in [0.15, 0.2) is 0 Å². The van der Waals surface area contributed by atoms with E-state index in [9.17, 15) is 9.59 Å². The van der Waals surface area contributed by atoms with Gasteiger partial charge in [0.25, 0.3) is 5.91 Å². The molecule has 1 heterocycles. The lowest BCUT2D eigenvalue weighted by molar-refractivity contribution is -0.132. The van der Waals surface area contributed by atoms with Crippen LogP contribution in [0.25, 0.3) is 0 Å². The van der Waals surface area contributed by atoms with Crippen molar-refractivity contribution in [3.05, 3.63) is 34.3 Å². The number of carbonyl (C=O) groups is 2. The highest BCUT2D eigenvalue weighted by atomic mass is 79.9. The van der Waals surface area contributed by atoms with Crippen LogP contribution in [-0.4, -0.2) is 35.8 Å². The number of carbonyl (C=O) groups excluding carboxylic acids is 2. The van der Waals surface area contributed by atoms with E-state index in [0.29, 0.717) is 17.9 Å². The molecule has 4 nitrogen and oxygen atoms in total. The van der Waals surface area contributed by atoms with Crippen molar-refractivity contribution in [2.24, 2.45) is 5.92 Å². The Morgan fingerprint density at radius 3 is 2.32 bits per heavy atom. The van der Waals surface area contributed by atoms with E-state index in [4.69, 9.17) is 0 Å². The van der Waals surface area contributed by atoms with E-state index < -0.39 is 6.04 Å². The van der Waals surface area contributed by atoms with E-state index in [0.717, 1.165) is 30.4 Å². The smallest absolute Gasteiger partial charge is 0.251 e. The molecule has 1 saturated heterocycles. The van der Waals surface area contributed by atoms with Crippen molar-refractivity contribution in [3.8, 4) is 0 Å². The van der Waals surface area contributed by atoms with Crippen molar-refractivity contribution < 1.29 is 9.59 Å². The molecule has 0 aromatic heterocycles. The molecular weight excluding hydrogens is 344 g/mol. The van der Waals surface area contributed by atoms with Gasteiger partial charge in [0, 0.05) is 23.1 Å². The molecule has 1 aliphatic heterocycles. The van der Waals surface area contributed by atoms with E-state index in [1.165, 1.54) is 0 Å². The van der Waals surface area contributed by atoms with Crippen molar-refractivity contribution in [3.63, 3.8) is 0 Å². The van der Waals surface area contributed by atoms with Gasteiger partial charge >= 0.3 is 0 Å². The molecule has 0 saturated carbocycles. The van der Waals surface area contributed by atoms with Gasteiger partial charge in [-0.2, -0.15) is 0 Å². The molecule has 1 atom stereocenters. The third kappa shape index (κ3) is 4.57. The van der Waals surface area contributed by atoms with Gasteiger partial charge in [0.05, 0.1) is 0 Å². The maximum absolute atomic E-state index is 12.6. The number of nitrogens with one attached hydrogen (secondary N) is 1. The van der Waals surface area contributed by atoms with Crippen molar-refractivity contribution in [2.75, 3.05) is 13.1 Å². The minimum atomic E-state index is -0.436. The molecule has 2 amide bonds. The van der Waals surface area contributed by atoms with Crippen LogP contribution >= 0.6 is 15.9 Å². The second-order valence-electron chi connectivity index (χ2n) is 6.19. The van der Waals surface area contributed by atoms with Gasteiger partial charge in [-0.15, -0.1) is 0 Å². The van der Waals surface area contributed by atoms with E-state index in [-0.39, 0.29) is 11.8 Å². The van der Waals surface area contributed by atoms with Crippen molar-refractivity contribution in [2.45, 2.75) is 39.2 Å². The van der Waals surface area contributed by atoms with Gasteiger partial charge in [-0.1, -0.05) is 29.8 Å². The van der Waals surface area contributed by atoms with E-state index in [2.05, 4.69) is 35.1 Å². The van der Waals surface area contributed by atoms with Crippen LogP contribution in [0.1, 0.15) is 43.5 Å². The molecule has 1 aromatic carbocycles. The Morgan fingerprint density at radius 1 is 1.18 bits per heavy atom. The van der Waals surface area contributed by atoms with E-state index in [1.807, 2.05) is 17.0 Å². The van der Waals surface area contributed by atoms with Gasteiger partial charge in [-0.05, 0) is 49.4 Å². The zero-order valence-electron chi connectivity index (χ0n) is 13.1. The highest BCUT2D eigenvalue weighted by Crippen LogP contribution is 2.15. The van der Waals surface area contributed by atoms with E-state index >= 15 is 0 Å². The average molecular weight is 367 g/mol. The van der Waals surface area contributed by atoms with Crippen LogP contribution in [0, 0.1) is 5.92 Å². The number of amides is 2. The standard InChI is InChI=1S/C17H23BrN2O2/c1-12(2)11-15(17(22)20-9-3-4-10-20)19-16(21)13-5-7-14(18)8-6-13/h5-8,12,15H,3-4,9-11H2,1-2H3,(H,19,21)/t15-/m0/s1. The Morgan fingerprint density at radius 2 is 1.77 bits per heavy atom. The lowest BCUT2D eigenvalue weighted by atomic mass is 10.0. The minimum absolute atomic E-state index is 0.0525. The van der Waals surface area contributed by atoms with Crippen LogP contribution in [0.5, 0.6) is 0 Å². The maximum Gasteiger partial charge on any atom is 0.251 e. The Hall–Kier alpha value is -1.36. The predicted octanol–water partition coefficient (Wildman–Crippen LogP) is 3.22. The van der Waals surface area contributed by atoms with Gasteiger partial charge in [-0.3, -0.25) is 9.59 Å². The summed E-state index contributed by atoms with van der Waals surface area (Å²) in [6.07, 6.45) is 2.78. The lowest BCUT2D eigenvalue weighted by Gasteiger charge is -2.25. The van der Waals surface area contributed by atoms with Crippen LogP contribution in [0.2, 0.25) is 0 Å². The Bertz CT molecular complexity index is 522. The first-order valence-electron chi connectivity index (χ1n) is 7.82. The quantitative estimate of drug-likeness (QED) is 0.869. The Balaban J connectivity index is 2.06. The monoisotopic (exact) mass is 366 g/mol. The van der Waals surface area contributed by atoms with Gasteiger partial charge in [0.1, 0.15) is 6.04 Å². The molecule has 2 rings (SSSR count). The number of benzene rings is 1. The molecule has 120 valence electrons. The summed E-state index contributed by atoms with van der Waals surface area (Å²) in [5.41, 5.74) is 0.575. The predicted molar refractivity (Wildman–Crippen MR) is 90.7 cm³/mol. The molecule has 22 heavy (non-hydrogen) atoms. The van der Waals surface area contributed by atoms with Gasteiger partial charge < -0.3 is 10.2 Å². The summed E-state index contributed by atoms with van der Waals surface area (Å²) in [5.74, 6) is 0.212.